The Morgan fingerprint density at radius 3 is 2.32 bits per heavy atom. The van der Waals surface area contributed by atoms with Crippen molar-refractivity contribution in [2.45, 2.75) is 70.8 Å². The minimum atomic E-state index is -0.941. The average molecular weight is 310 g/mol. The highest BCUT2D eigenvalue weighted by atomic mass is 17.1. The maximum Gasteiger partial charge on any atom is 0.328 e. The van der Waals surface area contributed by atoms with E-state index in [2.05, 4.69) is 17.9 Å². The third-order valence-corrected chi connectivity index (χ3v) is 3.38. The highest BCUT2D eigenvalue weighted by molar-refractivity contribution is 5.80. The van der Waals surface area contributed by atoms with Gasteiger partial charge in [0.15, 0.2) is 0 Å². The molecule has 0 aromatic rings. The Morgan fingerprint density at radius 2 is 1.68 bits per heavy atom. The highest BCUT2D eigenvalue weighted by Crippen LogP contribution is 2.14. The second-order valence-corrected chi connectivity index (χ2v) is 5.37. The van der Waals surface area contributed by atoms with E-state index >= 15 is 0 Å². The monoisotopic (exact) mass is 310 g/mol. The van der Waals surface area contributed by atoms with E-state index in [1.807, 2.05) is 12.2 Å². The predicted octanol–water partition coefficient (Wildman–Crippen LogP) is 5.13. The van der Waals surface area contributed by atoms with Crippen LogP contribution < -0.4 is 0 Å². The van der Waals surface area contributed by atoms with Gasteiger partial charge in [0.1, 0.15) is 0 Å². The normalized spacial score (nSPS) is 13.5. The van der Waals surface area contributed by atoms with Crippen LogP contribution in [0.2, 0.25) is 0 Å². The van der Waals surface area contributed by atoms with Crippen LogP contribution in [-0.2, 0) is 9.68 Å². The number of unbranched alkanes of at least 4 members (excludes halogenated alkanes) is 5. The van der Waals surface area contributed by atoms with Crippen molar-refractivity contribution < 1.29 is 20.0 Å². The minimum Gasteiger partial charge on any atom is -0.478 e. The van der Waals surface area contributed by atoms with Crippen LogP contribution in [0.3, 0.4) is 0 Å². The number of aliphatic carboxylic acids is 1. The van der Waals surface area contributed by atoms with Crippen molar-refractivity contribution in [2.24, 2.45) is 0 Å². The first-order valence-corrected chi connectivity index (χ1v) is 8.23. The lowest BCUT2D eigenvalue weighted by atomic mass is 10.0. The molecule has 0 saturated carbocycles. The molecular weight excluding hydrogens is 280 g/mol. The molecule has 126 valence electrons. The largest absolute Gasteiger partial charge is 0.478 e. The quantitative estimate of drug-likeness (QED) is 0.153. The third-order valence-electron chi connectivity index (χ3n) is 3.38. The van der Waals surface area contributed by atoms with Crippen molar-refractivity contribution in [3.63, 3.8) is 0 Å². The van der Waals surface area contributed by atoms with Gasteiger partial charge in [-0.1, -0.05) is 69.4 Å². The van der Waals surface area contributed by atoms with E-state index in [1.54, 1.807) is 6.08 Å². The molecular formula is C18H30O4. The maximum absolute atomic E-state index is 10.2. The highest BCUT2D eigenvalue weighted by Gasteiger charge is 2.07. The summed E-state index contributed by atoms with van der Waals surface area (Å²) in [5, 5.41) is 17.3. The van der Waals surface area contributed by atoms with Crippen LogP contribution in [0.4, 0.5) is 0 Å². The molecule has 0 aliphatic carbocycles. The summed E-state index contributed by atoms with van der Waals surface area (Å²) in [6.45, 7) is 2.19. The lowest BCUT2D eigenvalue weighted by Gasteiger charge is -2.12. The van der Waals surface area contributed by atoms with Crippen molar-refractivity contribution in [3.8, 4) is 0 Å². The molecule has 2 N–H and O–H groups in total. The van der Waals surface area contributed by atoms with E-state index < -0.39 is 5.97 Å². The molecule has 0 spiro atoms. The van der Waals surface area contributed by atoms with Gasteiger partial charge in [0.05, 0.1) is 6.10 Å². The molecule has 0 aromatic heterocycles. The van der Waals surface area contributed by atoms with Gasteiger partial charge in [0.25, 0.3) is 0 Å². The van der Waals surface area contributed by atoms with Crippen LogP contribution in [-0.4, -0.2) is 22.4 Å². The summed E-state index contributed by atoms with van der Waals surface area (Å²) in [4.78, 5) is 14.8. The summed E-state index contributed by atoms with van der Waals surface area (Å²) in [7, 11) is 0. The summed E-state index contributed by atoms with van der Waals surface area (Å²) >= 11 is 0. The zero-order valence-corrected chi connectivity index (χ0v) is 13.6. The van der Waals surface area contributed by atoms with Crippen molar-refractivity contribution >= 4 is 5.97 Å². The number of carboxylic acid groups (broad SMARTS) is 1. The Labute approximate surface area is 134 Å². The van der Waals surface area contributed by atoms with Crippen molar-refractivity contribution in [3.05, 3.63) is 36.5 Å². The molecule has 0 amide bonds. The smallest absolute Gasteiger partial charge is 0.328 e. The summed E-state index contributed by atoms with van der Waals surface area (Å²) < 4.78 is 0. The van der Waals surface area contributed by atoms with Crippen LogP contribution in [0.1, 0.15) is 64.7 Å². The third kappa shape index (κ3) is 15.0. The first-order chi connectivity index (χ1) is 10.7. The molecule has 0 aliphatic rings. The van der Waals surface area contributed by atoms with Gasteiger partial charge >= 0.3 is 5.97 Å². The van der Waals surface area contributed by atoms with Gasteiger partial charge in [-0.3, -0.25) is 5.26 Å². The zero-order chi connectivity index (χ0) is 16.5. The molecule has 1 atom stereocenters. The predicted molar refractivity (Wildman–Crippen MR) is 89.8 cm³/mol. The lowest BCUT2D eigenvalue weighted by Crippen LogP contribution is -2.10. The summed E-state index contributed by atoms with van der Waals surface area (Å²) in [6, 6.07) is 0. The number of allylic oxidation sites excluding steroid dienone is 5. The van der Waals surface area contributed by atoms with Crippen molar-refractivity contribution in [1.82, 2.24) is 0 Å². The second kappa shape index (κ2) is 16.0. The molecule has 0 bridgehead atoms. The fourth-order valence-corrected chi connectivity index (χ4v) is 2.12. The Bertz CT molecular complexity index is 345. The average Bonchev–Trinajstić information content (AvgIpc) is 2.50. The van der Waals surface area contributed by atoms with Crippen LogP contribution >= 0.6 is 0 Å². The number of hydrogen-bond donors (Lipinski definition) is 2. The standard InChI is InChI=1S/C18H30O4/c1-2-3-4-11-14-17(22-21)15-12-9-7-5-6-8-10-13-16-18(19)20/h5-6,8,10,13,16-17,21H,2-4,7,9,11-12,14-15H2,1H3,(H,19,20). The topological polar surface area (TPSA) is 66.8 Å². The fourth-order valence-electron chi connectivity index (χ4n) is 2.12. The van der Waals surface area contributed by atoms with Gasteiger partial charge in [-0.05, 0) is 25.7 Å². The first kappa shape index (κ1) is 20.6. The Hall–Kier alpha value is -1.39. The fraction of sp³-hybridized carbons (Fsp3) is 0.611. The van der Waals surface area contributed by atoms with Crippen molar-refractivity contribution in [2.75, 3.05) is 0 Å². The molecule has 0 radical (unpaired) electrons. The molecule has 0 rings (SSSR count). The Balaban J connectivity index is 3.58. The Morgan fingerprint density at radius 1 is 1.00 bits per heavy atom. The molecule has 0 fully saturated rings. The summed E-state index contributed by atoms with van der Waals surface area (Å²) in [6.07, 6.45) is 19.7. The van der Waals surface area contributed by atoms with E-state index in [0.29, 0.717) is 0 Å². The molecule has 0 aliphatic heterocycles. The summed E-state index contributed by atoms with van der Waals surface area (Å²) in [5.41, 5.74) is 0. The maximum atomic E-state index is 10.2. The number of carbonyl (C=O) groups is 1. The second-order valence-electron chi connectivity index (χ2n) is 5.37. The Kier molecular flexibility index (Phi) is 15.0. The van der Waals surface area contributed by atoms with Crippen LogP contribution in [0, 0.1) is 0 Å². The molecule has 22 heavy (non-hydrogen) atoms. The minimum absolute atomic E-state index is 0.0260. The van der Waals surface area contributed by atoms with Gasteiger partial charge < -0.3 is 5.11 Å². The van der Waals surface area contributed by atoms with Gasteiger partial charge in [-0.25, -0.2) is 9.68 Å². The molecule has 4 nitrogen and oxygen atoms in total. The molecule has 4 heteroatoms. The van der Waals surface area contributed by atoms with Gasteiger partial charge in [0, 0.05) is 6.08 Å². The van der Waals surface area contributed by atoms with Crippen LogP contribution in [0.25, 0.3) is 0 Å². The van der Waals surface area contributed by atoms with E-state index in [4.69, 9.17) is 10.4 Å². The van der Waals surface area contributed by atoms with Crippen molar-refractivity contribution in [1.29, 1.82) is 0 Å². The number of hydrogen-bond acceptors (Lipinski definition) is 3. The number of rotatable bonds is 14. The SMILES string of the molecule is CCCCCCC(CCCCC=CC=CC=CC(=O)O)OO. The van der Waals surface area contributed by atoms with Crippen LogP contribution in [0.15, 0.2) is 36.5 Å². The van der Waals surface area contributed by atoms with Gasteiger partial charge in [0.2, 0.25) is 0 Å². The zero-order valence-electron chi connectivity index (χ0n) is 13.6. The van der Waals surface area contributed by atoms with E-state index in [0.717, 1.165) is 44.6 Å². The summed E-state index contributed by atoms with van der Waals surface area (Å²) in [5.74, 6) is -0.941. The molecule has 1 unspecified atom stereocenters. The number of carboxylic acids is 1. The lowest BCUT2D eigenvalue weighted by molar-refractivity contribution is -0.281. The first-order valence-electron chi connectivity index (χ1n) is 8.23. The van der Waals surface area contributed by atoms with E-state index in [1.165, 1.54) is 25.3 Å². The van der Waals surface area contributed by atoms with E-state index in [-0.39, 0.29) is 6.10 Å². The van der Waals surface area contributed by atoms with Gasteiger partial charge in [-0.2, -0.15) is 0 Å². The molecule has 0 saturated heterocycles. The molecule has 0 aromatic carbocycles. The van der Waals surface area contributed by atoms with Crippen LogP contribution in [0.5, 0.6) is 0 Å². The molecule has 0 heterocycles. The van der Waals surface area contributed by atoms with E-state index in [9.17, 15) is 4.79 Å². The van der Waals surface area contributed by atoms with Gasteiger partial charge in [-0.15, -0.1) is 0 Å².